The van der Waals surface area contributed by atoms with Crippen LogP contribution in [-0.2, 0) is 4.57 Å². The molecule has 0 radical (unpaired) electrons. The number of rotatable bonds is 0. The molecule has 0 saturated carbocycles. The maximum absolute atomic E-state index is 8.55. The predicted molar refractivity (Wildman–Crippen MR) is 72.8 cm³/mol. The van der Waals surface area contributed by atoms with Crippen LogP contribution in [0.25, 0.3) is 0 Å². The Kier molecular flexibility index (Phi) is 1090. The Balaban J connectivity index is -0.00000000190. The predicted octanol–water partition coefficient (Wildman–Crippen LogP) is -13.7. The van der Waals surface area contributed by atoms with E-state index in [0.717, 1.165) is 0 Å². The molecule has 0 aliphatic carbocycles. The van der Waals surface area contributed by atoms with Gasteiger partial charge in [-0.2, -0.15) is 7.82 Å². The molecule has 0 rings (SSSR count). The van der Waals surface area contributed by atoms with E-state index in [2.05, 4.69) is 0 Å². The van der Waals surface area contributed by atoms with E-state index in [9.17, 15) is 0 Å². The van der Waals surface area contributed by atoms with Crippen molar-refractivity contribution in [2.45, 2.75) is 0 Å². The molecule has 0 amide bonds. The van der Waals surface area contributed by atoms with Gasteiger partial charge in [0.05, 0.1) is 5.09 Å². The van der Waals surface area contributed by atoms with Gasteiger partial charge in [0.2, 0.25) is 0 Å². The first kappa shape index (κ1) is 216. The molecule has 0 atom stereocenters. The van der Waals surface area contributed by atoms with Crippen molar-refractivity contribution in [3.8, 4) is 0 Å². The average molecular weight is 422 g/mol. The standard InChI is InChI=1S/2Mg.NO3.H3O4P.12H2O/c;;2-1(3)4;1-5(2,3)4;;;;;;;;;;;;/h;;;(H3,1,2,3,4);12*1H2/q2*+2;-1;;;;;;;;;;;;;/p-3. The first-order valence-electron chi connectivity index (χ1n) is 1.28. The van der Waals surface area contributed by atoms with E-state index in [1.165, 1.54) is 0 Å². The van der Waals surface area contributed by atoms with Gasteiger partial charge in [-0.25, -0.2) is 0 Å². The van der Waals surface area contributed by atoms with Crippen LogP contribution in [0.1, 0.15) is 0 Å². The molecule has 0 aromatic carbocycles. The molecular formula is H24Mg2NO19P. The van der Waals surface area contributed by atoms with Crippen molar-refractivity contribution < 1.29 is 90.0 Å². The molecule has 0 saturated heterocycles. The first-order chi connectivity index (χ1) is 3.73. The Bertz CT molecular complexity index is 121. The zero-order valence-corrected chi connectivity index (χ0v) is 14.9. The van der Waals surface area contributed by atoms with Gasteiger partial charge in [0.1, 0.15) is 0 Å². The fourth-order valence-corrected chi connectivity index (χ4v) is 0. The Morgan fingerprint density at radius 3 is 0.522 bits per heavy atom. The Labute approximate surface area is 159 Å². The molecule has 152 valence electrons. The maximum Gasteiger partial charge on any atom is 2.00 e. The summed E-state index contributed by atoms with van der Waals surface area (Å²) < 4.78 is 8.55. The van der Waals surface area contributed by atoms with Crippen molar-refractivity contribution in [1.82, 2.24) is 0 Å². The zero-order chi connectivity index (χ0) is 8.08. The summed E-state index contributed by atoms with van der Waals surface area (Å²) in [5.74, 6) is 0. The molecule has 23 heteroatoms. The molecule has 0 aromatic heterocycles. The fraction of sp³-hybridized carbons (Fsp3) is 0. The SMILES string of the molecule is O.O.O.O.O.O.O.O.O.O.O.O.O=P([O-])([O-])[O-].O=[N+]([O-])[O-].[Mg+2].[Mg+2]. The molecule has 0 fully saturated rings. The van der Waals surface area contributed by atoms with Gasteiger partial charge in [-0.3, -0.25) is 0 Å². The molecule has 0 spiro atoms. The second-order valence-electron chi connectivity index (χ2n) is 0.671. The van der Waals surface area contributed by atoms with E-state index < -0.39 is 12.9 Å². The van der Waals surface area contributed by atoms with Gasteiger partial charge in [-0.05, 0) is 0 Å². The van der Waals surface area contributed by atoms with Gasteiger partial charge in [0, 0.05) is 0 Å². The van der Waals surface area contributed by atoms with Crippen molar-refractivity contribution in [3.05, 3.63) is 15.3 Å². The van der Waals surface area contributed by atoms with Crippen LogP contribution in [0.15, 0.2) is 0 Å². The fourth-order valence-electron chi connectivity index (χ4n) is 0. The van der Waals surface area contributed by atoms with Gasteiger partial charge in [-0.1, -0.05) is 0 Å². The van der Waals surface area contributed by atoms with Crippen LogP contribution < -0.4 is 14.7 Å². The quantitative estimate of drug-likeness (QED) is 0.157. The van der Waals surface area contributed by atoms with Crippen LogP contribution in [0, 0.1) is 15.3 Å². The molecule has 0 aromatic rings. The Hall–Kier alpha value is 0.362. The monoisotopic (exact) mass is 421 g/mol. The molecule has 0 aliphatic rings. The van der Waals surface area contributed by atoms with Crippen molar-refractivity contribution in [2.75, 3.05) is 0 Å². The minimum Gasteiger partial charge on any atom is -0.822 e. The summed E-state index contributed by atoms with van der Waals surface area (Å²) in [7, 11) is -5.39. The topological polar surface area (TPSA) is 530 Å². The third-order valence-corrected chi connectivity index (χ3v) is 0. The number of phosphoric acid groups is 1. The molecule has 0 unspecified atom stereocenters. The molecule has 0 heterocycles. The summed E-state index contributed by atoms with van der Waals surface area (Å²) >= 11 is 0. The van der Waals surface area contributed by atoms with Crippen LogP contribution in [0.5, 0.6) is 0 Å². The normalized spacial score (nSPS) is 3.61. The van der Waals surface area contributed by atoms with Crippen LogP contribution in [0.2, 0.25) is 0 Å². The van der Waals surface area contributed by atoms with Crippen molar-refractivity contribution >= 4 is 53.9 Å². The average Bonchev–Trinajstić information content (AvgIpc) is 1.19. The van der Waals surface area contributed by atoms with Crippen molar-refractivity contribution in [1.29, 1.82) is 0 Å². The summed E-state index contributed by atoms with van der Waals surface area (Å²) in [6, 6.07) is 0. The van der Waals surface area contributed by atoms with Crippen LogP contribution in [0.4, 0.5) is 0 Å². The number of hydrogen-bond acceptors (Lipinski definition) is 7. The minimum absolute atomic E-state index is 0. The first-order valence-corrected chi connectivity index (χ1v) is 2.74. The van der Waals surface area contributed by atoms with Crippen molar-refractivity contribution in [2.24, 2.45) is 0 Å². The summed E-state index contributed by atoms with van der Waals surface area (Å²) in [6.07, 6.45) is 0. The van der Waals surface area contributed by atoms with E-state index in [1.54, 1.807) is 0 Å². The number of nitrogens with zero attached hydrogens (tertiary/aromatic N) is 1. The maximum atomic E-state index is 8.55. The van der Waals surface area contributed by atoms with E-state index in [1.807, 2.05) is 0 Å². The van der Waals surface area contributed by atoms with Gasteiger partial charge in [0.15, 0.2) is 0 Å². The van der Waals surface area contributed by atoms with Crippen molar-refractivity contribution in [3.63, 3.8) is 0 Å². The van der Waals surface area contributed by atoms with E-state index in [-0.39, 0.29) is 112 Å². The number of hydrogen-bond donors (Lipinski definition) is 0. The van der Waals surface area contributed by atoms with Gasteiger partial charge < -0.3 is 100 Å². The summed E-state index contributed by atoms with van der Waals surface area (Å²) in [4.78, 5) is 33.9. The molecule has 20 nitrogen and oxygen atoms in total. The summed E-state index contributed by atoms with van der Waals surface area (Å²) in [6.45, 7) is 0. The Morgan fingerprint density at radius 2 is 0.522 bits per heavy atom. The van der Waals surface area contributed by atoms with Gasteiger partial charge >= 0.3 is 46.1 Å². The Morgan fingerprint density at radius 1 is 0.522 bits per heavy atom. The van der Waals surface area contributed by atoms with E-state index in [4.69, 9.17) is 34.6 Å². The van der Waals surface area contributed by atoms with Crippen LogP contribution in [-0.4, -0.2) is 117 Å². The van der Waals surface area contributed by atoms with E-state index in [0.29, 0.717) is 0 Å². The third kappa shape index (κ3) is 70600. The molecular weight excluding hydrogens is 398 g/mol. The van der Waals surface area contributed by atoms with E-state index >= 15 is 0 Å². The third-order valence-electron chi connectivity index (χ3n) is 0. The second kappa shape index (κ2) is 116. The minimum atomic E-state index is -5.39. The molecule has 0 bridgehead atoms. The molecule has 24 N–H and O–H groups in total. The van der Waals surface area contributed by atoms with Gasteiger partial charge in [-0.15, -0.1) is 0 Å². The van der Waals surface area contributed by atoms with Crippen LogP contribution >= 0.6 is 7.82 Å². The van der Waals surface area contributed by atoms with Gasteiger partial charge in [0.25, 0.3) is 0 Å². The smallest absolute Gasteiger partial charge is 0.822 e. The van der Waals surface area contributed by atoms with Crippen LogP contribution in [0.3, 0.4) is 0 Å². The zero-order valence-electron chi connectivity index (χ0n) is 11.2. The summed E-state index contributed by atoms with van der Waals surface area (Å²) in [5.41, 5.74) is 0. The largest absolute Gasteiger partial charge is 2.00 e. The molecule has 0 aliphatic heterocycles. The second-order valence-corrected chi connectivity index (χ2v) is 1.57. The summed E-state index contributed by atoms with van der Waals surface area (Å²) in [5, 5.41) is 14.8. The molecule has 23 heavy (non-hydrogen) atoms.